The van der Waals surface area contributed by atoms with E-state index in [-0.39, 0.29) is 32.1 Å². The topological polar surface area (TPSA) is 98.2 Å². The molecule has 0 aromatic rings. The van der Waals surface area contributed by atoms with E-state index < -0.39 is 22.1 Å². The molecule has 2 heterocycles. The second kappa shape index (κ2) is 5.66. The van der Waals surface area contributed by atoms with Gasteiger partial charge in [-0.3, -0.25) is 9.59 Å². The maximum atomic E-state index is 12.4. The number of aliphatic carboxylic acids is 1. The van der Waals surface area contributed by atoms with Crippen LogP contribution in [-0.2, 0) is 19.8 Å². The molecule has 1 N–H and O–H groups in total. The van der Waals surface area contributed by atoms with Crippen molar-refractivity contribution in [1.29, 1.82) is 0 Å². The van der Waals surface area contributed by atoms with Crippen LogP contribution in [0.25, 0.3) is 0 Å². The van der Waals surface area contributed by atoms with Crippen molar-refractivity contribution in [2.24, 2.45) is 5.92 Å². The van der Waals surface area contributed by atoms with E-state index in [1.807, 2.05) is 0 Å². The molecular weight excluding hydrogens is 286 g/mol. The van der Waals surface area contributed by atoms with E-state index in [2.05, 4.69) is 0 Å². The van der Waals surface area contributed by atoms with Crippen LogP contribution in [0.4, 0.5) is 0 Å². The molecule has 2 aliphatic rings. The molecule has 2 fully saturated rings. The Kier molecular flexibility index (Phi) is 4.31. The van der Waals surface area contributed by atoms with Crippen molar-refractivity contribution in [2.75, 3.05) is 39.8 Å². The number of nitrogens with zero attached hydrogens (tertiary/aromatic N) is 3. The van der Waals surface area contributed by atoms with Gasteiger partial charge in [0.2, 0.25) is 5.91 Å². The molecule has 0 atom stereocenters. The summed E-state index contributed by atoms with van der Waals surface area (Å²) in [6, 6.07) is 0. The molecule has 2 aliphatic heterocycles. The standard InChI is InChI=1S/C11H19N3O5S/c1-12-6-7-14(8-10(12)15)20(18,19)13-4-2-9(3-5-13)11(16)17/h9H,2-8H2,1H3,(H,16,17). The molecule has 0 bridgehead atoms. The van der Waals surface area contributed by atoms with Gasteiger partial charge in [0.25, 0.3) is 10.2 Å². The maximum Gasteiger partial charge on any atom is 0.306 e. The van der Waals surface area contributed by atoms with E-state index in [4.69, 9.17) is 5.11 Å². The average Bonchev–Trinajstić information content (AvgIpc) is 2.41. The number of carbonyl (C=O) groups is 2. The highest BCUT2D eigenvalue weighted by Gasteiger charge is 2.37. The predicted octanol–water partition coefficient (Wildman–Crippen LogP) is -1.20. The maximum absolute atomic E-state index is 12.4. The smallest absolute Gasteiger partial charge is 0.306 e. The molecule has 0 spiro atoms. The van der Waals surface area contributed by atoms with E-state index in [1.165, 1.54) is 13.5 Å². The van der Waals surface area contributed by atoms with E-state index in [0.717, 1.165) is 0 Å². The van der Waals surface area contributed by atoms with Crippen molar-refractivity contribution in [3.05, 3.63) is 0 Å². The first-order valence-electron chi connectivity index (χ1n) is 6.54. The average molecular weight is 305 g/mol. The van der Waals surface area contributed by atoms with E-state index >= 15 is 0 Å². The molecule has 0 saturated carbocycles. The van der Waals surface area contributed by atoms with Crippen molar-refractivity contribution in [1.82, 2.24) is 13.5 Å². The SMILES string of the molecule is CN1CCN(S(=O)(=O)N2CCC(C(=O)O)CC2)CC1=O. The zero-order valence-electron chi connectivity index (χ0n) is 11.4. The third-order valence-corrected chi connectivity index (χ3v) is 5.86. The molecule has 20 heavy (non-hydrogen) atoms. The van der Waals surface area contributed by atoms with E-state index in [0.29, 0.717) is 19.4 Å². The molecule has 0 aliphatic carbocycles. The first-order chi connectivity index (χ1) is 9.32. The fourth-order valence-corrected chi connectivity index (χ4v) is 4.02. The van der Waals surface area contributed by atoms with Crippen molar-refractivity contribution in [3.8, 4) is 0 Å². The van der Waals surface area contributed by atoms with Crippen LogP contribution in [-0.4, -0.2) is 78.7 Å². The quantitative estimate of drug-likeness (QED) is 0.706. The molecular formula is C11H19N3O5S. The summed E-state index contributed by atoms with van der Waals surface area (Å²) in [5, 5.41) is 8.91. The number of carbonyl (C=O) groups excluding carboxylic acids is 1. The normalized spacial score (nSPS) is 24.1. The third-order valence-electron chi connectivity index (χ3n) is 3.88. The molecule has 2 rings (SSSR count). The Bertz CT molecular complexity index is 498. The molecule has 0 unspecified atom stereocenters. The van der Waals surface area contributed by atoms with Crippen molar-refractivity contribution < 1.29 is 23.1 Å². The molecule has 2 saturated heterocycles. The first-order valence-corrected chi connectivity index (χ1v) is 7.94. The Morgan fingerprint density at radius 3 is 2.25 bits per heavy atom. The van der Waals surface area contributed by atoms with Crippen LogP contribution in [0.2, 0.25) is 0 Å². The number of rotatable bonds is 3. The molecule has 0 radical (unpaired) electrons. The minimum absolute atomic E-state index is 0.141. The summed E-state index contributed by atoms with van der Waals surface area (Å²) in [4.78, 5) is 24.0. The molecule has 1 amide bonds. The Morgan fingerprint density at radius 2 is 1.75 bits per heavy atom. The van der Waals surface area contributed by atoms with E-state index in [1.54, 1.807) is 7.05 Å². The fraction of sp³-hybridized carbons (Fsp3) is 0.818. The zero-order chi connectivity index (χ0) is 14.9. The van der Waals surface area contributed by atoms with Crippen molar-refractivity contribution in [2.45, 2.75) is 12.8 Å². The lowest BCUT2D eigenvalue weighted by atomic mass is 9.99. The molecule has 114 valence electrons. The predicted molar refractivity (Wildman–Crippen MR) is 70.1 cm³/mol. The van der Waals surface area contributed by atoms with Crippen LogP contribution in [0.15, 0.2) is 0 Å². The van der Waals surface area contributed by atoms with Gasteiger partial charge in [-0.1, -0.05) is 0 Å². The summed E-state index contributed by atoms with van der Waals surface area (Å²) in [6.07, 6.45) is 0.631. The molecule has 0 aromatic heterocycles. The van der Waals surface area contributed by atoms with Gasteiger partial charge in [0.15, 0.2) is 0 Å². The highest BCUT2D eigenvalue weighted by molar-refractivity contribution is 7.86. The van der Waals surface area contributed by atoms with Crippen LogP contribution >= 0.6 is 0 Å². The monoisotopic (exact) mass is 305 g/mol. The first kappa shape index (κ1) is 15.2. The second-order valence-corrected chi connectivity index (χ2v) is 7.10. The molecule has 0 aromatic carbocycles. The largest absolute Gasteiger partial charge is 0.481 e. The number of piperazine rings is 1. The highest BCUT2D eigenvalue weighted by atomic mass is 32.2. The zero-order valence-corrected chi connectivity index (χ0v) is 12.2. The summed E-state index contributed by atoms with van der Waals surface area (Å²) < 4.78 is 27.3. The van der Waals surface area contributed by atoms with Crippen LogP contribution in [0, 0.1) is 5.92 Å². The highest BCUT2D eigenvalue weighted by Crippen LogP contribution is 2.22. The number of hydrogen-bond acceptors (Lipinski definition) is 4. The van der Waals surface area contributed by atoms with Crippen LogP contribution in [0.5, 0.6) is 0 Å². The van der Waals surface area contributed by atoms with Gasteiger partial charge in [0, 0.05) is 33.2 Å². The van der Waals surface area contributed by atoms with Gasteiger partial charge >= 0.3 is 5.97 Å². The van der Waals surface area contributed by atoms with Gasteiger partial charge in [-0.25, -0.2) is 0 Å². The molecule has 8 nitrogen and oxygen atoms in total. The van der Waals surface area contributed by atoms with Crippen LogP contribution in [0.1, 0.15) is 12.8 Å². The lowest BCUT2D eigenvalue weighted by Crippen LogP contribution is -2.55. The van der Waals surface area contributed by atoms with Gasteiger partial charge < -0.3 is 10.0 Å². The summed E-state index contributed by atoms with van der Waals surface area (Å²) in [6.45, 7) is 0.907. The number of likely N-dealkylation sites (N-methyl/N-ethyl adjacent to an activating group) is 1. The Morgan fingerprint density at radius 1 is 1.15 bits per heavy atom. The number of hydrogen-bond donors (Lipinski definition) is 1. The third kappa shape index (κ3) is 2.94. The number of carboxylic acids is 1. The minimum Gasteiger partial charge on any atom is -0.481 e. The summed E-state index contributed by atoms with van der Waals surface area (Å²) in [7, 11) is -2.02. The lowest BCUT2D eigenvalue weighted by molar-refractivity contribution is -0.143. The second-order valence-electron chi connectivity index (χ2n) is 5.17. The van der Waals surface area contributed by atoms with Gasteiger partial charge in [0.05, 0.1) is 12.5 Å². The lowest BCUT2D eigenvalue weighted by Gasteiger charge is -2.37. The Balaban J connectivity index is 2.01. The van der Waals surface area contributed by atoms with Gasteiger partial charge in [-0.2, -0.15) is 17.0 Å². The minimum atomic E-state index is -3.66. The van der Waals surface area contributed by atoms with Gasteiger partial charge in [-0.05, 0) is 12.8 Å². The van der Waals surface area contributed by atoms with Crippen LogP contribution in [0.3, 0.4) is 0 Å². The number of carboxylic acid groups (broad SMARTS) is 1. The summed E-state index contributed by atoms with van der Waals surface area (Å²) in [5.41, 5.74) is 0. The summed E-state index contributed by atoms with van der Waals surface area (Å²) >= 11 is 0. The fourth-order valence-electron chi connectivity index (χ4n) is 2.43. The molecule has 9 heteroatoms. The van der Waals surface area contributed by atoms with Crippen molar-refractivity contribution >= 4 is 22.1 Å². The van der Waals surface area contributed by atoms with E-state index in [9.17, 15) is 18.0 Å². The Labute approximate surface area is 118 Å². The Hall–Kier alpha value is -1.19. The van der Waals surface area contributed by atoms with Gasteiger partial charge in [0.1, 0.15) is 0 Å². The van der Waals surface area contributed by atoms with Gasteiger partial charge in [-0.15, -0.1) is 0 Å². The number of amides is 1. The van der Waals surface area contributed by atoms with Crippen LogP contribution < -0.4 is 0 Å². The number of piperidine rings is 1. The summed E-state index contributed by atoms with van der Waals surface area (Å²) in [5.74, 6) is -1.58. The van der Waals surface area contributed by atoms with Crippen molar-refractivity contribution in [3.63, 3.8) is 0 Å².